The van der Waals surface area contributed by atoms with E-state index in [-0.39, 0.29) is 11.3 Å². The quantitative estimate of drug-likeness (QED) is 0.571. The van der Waals surface area contributed by atoms with E-state index in [4.69, 9.17) is 4.74 Å². The van der Waals surface area contributed by atoms with Gasteiger partial charge in [0.15, 0.2) is 5.69 Å². The van der Waals surface area contributed by atoms with Crippen LogP contribution in [0.15, 0.2) is 53.3 Å². The predicted octanol–water partition coefficient (Wildman–Crippen LogP) is 1.88. The Kier molecular flexibility index (Phi) is 6.70. The first kappa shape index (κ1) is 21.8. The summed E-state index contributed by atoms with van der Waals surface area (Å²) in [6, 6.07) is 15.4. The van der Waals surface area contributed by atoms with E-state index in [2.05, 4.69) is 26.2 Å². The molecule has 0 bridgehead atoms. The van der Waals surface area contributed by atoms with Crippen molar-refractivity contribution in [2.75, 3.05) is 51.3 Å². The van der Waals surface area contributed by atoms with E-state index >= 15 is 0 Å². The van der Waals surface area contributed by atoms with Crippen molar-refractivity contribution in [2.45, 2.75) is 6.42 Å². The molecule has 0 atom stereocenters. The fraction of sp³-hybridized carbons (Fsp3) is 0.375. The second-order valence-corrected chi connectivity index (χ2v) is 7.92. The van der Waals surface area contributed by atoms with Crippen molar-refractivity contribution < 1.29 is 9.53 Å². The Morgan fingerprint density at radius 3 is 2.56 bits per heavy atom. The van der Waals surface area contributed by atoms with Crippen molar-refractivity contribution in [3.63, 3.8) is 0 Å². The summed E-state index contributed by atoms with van der Waals surface area (Å²) < 4.78 is 6.95. The largest absolute Gasteiger partial charge is 0.495 e. The van der Waals surface area contributed by atoms with Gasteiger partial charge in [-0.15, -0.1) is 0 Å². The monoisotopic (exact) mass is 435 g/mol. The molecule has 1 aliphatic rings. The smallest absolute Gasteiger partial charge is 0.282 e. The summed E-state index contributed by atoms with van der Waals surface area (Å²) in [5, 5.41) is 2.85. The van der Waals surface area contributed by atoms with Gasteiger partial charge in [-0.3, -0.25) is 14.5 Å². The van der Waals surface area contributed by atoms with Gasteiger partial charge in [0.25, 0.3) is 11.5 Å². The van der Waals surface area contributed by atoms with E-state index in [1.165, 1.54) is 4.57 Å². The summed E-state index contributed by atoms with van der Waals surface area (Å²) in [5.41, 5.74) is 2.03. The van der Waals surface area contributed by atoms with Gasteiger partial charge in [-0.2, -0.15) is 0 Å². The number of fused-ring (bicyclic) bond motifs is 1. The van der Waals surface area contributed by atoms with Gasteiger partial charge in [0.1, 0.15) is 5.75 Å². The Labute approximate surface area is 187 Å². The number of anilines is 1. The van der Waals surface area contributed by atoms with Gasteiger partial charge in [-0.25, -0.2) is 4.98 Å². The minimum Gasteiger partial charge on any atom is -0.495 e. The van der Waals surface area contributed by atoms with Crippen molar-refractivity contribution in [1.82, 2.24) is 19.8 Å². The van der Waals surface area contributed by atoms with Gasteiger partial charge in [0, 0.05) is 39.8 Å². The fourth-order valence-electron chi connectivity index (χ4n) is 4.12. The number of piperazine rings is 1. The first-order valence-corrected chi connectivity index (χ1v) is 10.9. The molecule has 1 fully saturated rings. The van der Waals surface area contributed by atoms with Crippen LogP contribution >= 0.6 is 0 Å². The lowest BCUT2D eigenvalue weighted by Gasteiger charge is -2.36. The molecular formula is C24H29N5O3. The molecule has 0 saturated carbocycles. The zero-order chi connectivity index (χ0) is 22.5. The molecule has 1 aromatic heterocycles. The van der Waals surface area contributed by atoms with Crippen LogP contribution in [-0.2, 0) is 7.05 Å². The molecule has 8 nitrogen and oxygen atoms in total. The van der Waals surface area contributed by atoms with Crippen LogP contribution in [0.4, 0.5) is 5.69 Å². The fourth-order valence-corrected chi connectivity index (χ4v) is 4.12. The second-order valence-electron chi connectivity index (χ2n) is 7.92. The van der Waals surface area contributed by atoms with E-state index in [9.17, 15) is 9.59 Å². The molecule has 0 spiro atoms. The zero-order valence-electron chi connectivity index (χ0n) is 18.6. The number of rotatable bonds is 7. The summed E-state index contributed by atoms with van der Waals surface area (Å²) in [6.07, 6.45) is 0.814. The summed E-state index contributed by atoms with van der Waals surface area (Å²) in [6.45, 7) is 5.18. The first-order valence-electron chi connectivity index (χ1n) is 10.9. The van der Waals surface area contributed by atoms with Gasteiger partial charge >= 0.3 is 0 Å². The maximum Gasteiger partial charge on any atom is 0.282 e. The van der Waals surface area contributed by atoms with Crippen LogP contribution in [0.1, 0.15) is 16.9 Å². The lowest BCUT2D eigenvalue weighted by molar-refractivity contribution is 0.0944. The number of hydrogen-bond acceptors (Lipinski definition) is 6. The number of methoxy groups -OCH3 is 1. The average molecular weight is 436 g/mol. The van der Waals surface area contributed by atoms with E-state index in [0.717, 1.165) is 50.6 Å². The maximum atomic E-state index is 12.6. The van der Waals surface area contributed by atoms with Gasteiger partial charge < -0.3 is 19.5 Å². The van der Waals surface area contributed by atoms with E-state index in [1.54, 1.807) is 20.2 Å². The Bertz CT molecular complexity index is 1150. The predicted molar refractivity (Wildman–Crippen MR) is 126 cm³/mol. The third kappa shape index (κ3) is 4.60. The van der Waals surface area contributed by atoms with Crippen molar-refractivity contribution in [3.8, 4) is 5.75 Å². The van der Waals surface area contributed by atoms with Crippen molar-refractivity contribution in [3.05, 3.63) is 64.6 Å². The van der Waals surface area contributed by atoms with E-state index in [0.29, 0.717) is 17.6 Å². The average Bonchev–Trinajstić information content (AvgIpc) is 2.84. The van der Waals surface area contributed by atoms with Gasteiger partial charge in [0.2, 0.25) is 0 Å². The Balaban J connectivity index is 1.26. The lowest BCUT2D eigenvalue weighted by atomic mass is 10.2. The molecule has 2 aromatic carbocycles. The van der Waals surface area contributed by atoms with Crippen molar-refractivity contribution >= 4 is 22.6 Å². The third-order valence-electron chi connectivity index (χ3n) is 5.93. The molecule has 0 unspecified atom stereocenters. The SMILES string of the molecule is COc1ccccc1N1CCN(CCCNC(=O)c2nc3ccccc3n(C)c2=O)CC1. The van der Waals surface area contributed by atoms with Crippen LogP contribution < -0.4 is 20.5 Å². The van der Waals surface area contributed by atoms with Crippen LogP contribution in [0, 0.1) is 0 Å². The molecule has 1 amide bonds. The Morgan fingerprint density at radius 1 is 1.06 bits per heavy atom. The number of para-hydroxylation sites is 4. The summed E-state index contributed by atoms with van der Waals surface area (Å²) in [5.74, 6) is 0.481. The number of carbonyl (C=O) groups excluding carboxylic acids is 1. The number of aromatic nitrogens is 2. The molecular weight excluding hydrogens is 406 g/mol. The highest BCUT2D eigenvalue weighted by atomic mass is 16.5. The highest BCUT2D eigenvalue weighted by Gasteiger charge is 2.20. The molecule has 4 rings (SSSR count). The van der Waals surface area contributed by atoms with Crippen LogP contribution in [-0.4, -0.2) is 66.7 Å². The number of nitrogens with zero attached hydrogens (tertiary/aromatic N) is 4. The number of nitrogens with one attached hydrogen (secondary N) is 1. The van der Waals surface area contributed by atoms with E-state index in [1.807, 2.05) is 36.4 Å². The molecule has 8 heteroatoms. The van der Waals surface area contributed by atoms with Crippen molar-refractivity contribution in [2.24, 2.45) is 7.05 Å². The topological polar surface area (TPSA) is 79.7 Å². The summed E-state index contributed by atoms with van der Waals surface area (Å²) >= 11 is 0. The highest BCUT2D eigenvalue weighted by molar-refractivity contribution is 5.93. The minimum absolute atomic E-state index is 0.0587. The number of aryl methyl sites for hydroxylation is 1. The number of benzene rings is 2. The molecule has 1 aliphatic heterocycles. The maximum absolute atomic E-state index is 12.6. The van der Waals surface area contributed by atoms with Gasteiger partial charge in [-0.1, -0.05) is 24.3 Å². The molecule has 2 heterocycles. The van der Waals surface area contributed by atoms with Crippen LogP contribution in [0.3, 0.4) is 0 Å². The molecule has 1 N–H and O–H groups in total. The van der Waals surface area contributed by atoms with Crippen LogP contribution in [0.2, 0.25) is 0 Å². The number of hydrogen-bond donors (Lipinski definition) is 1. The van der Waals surface area contributed by atoms with E-state index < -0.39 is 5.91 Å². The molecule has 0 aliphatic carbocycles. The third-order valence-corrected chi connectivity index (χ3v) is 5.93. The Morgan fingerprint density at radius 2 is 1.78 bits per heavy atom. The molecule has 3 aromatic rings. The normalized spacial score (nSPS) is 14.5. The molecule has 32 heavy (non-hydrogen) atoms. The summed E-state index contributed by atoms with van der Waals surface area (Å²) in [4.78, 5) is 34.1. The first-order chi connectivity index (χ1) is 15.6. The van der Waals surface area contributed by atoms with Crippen molar-refractivity contribution in [1.29, 1.82) is 0 Å². The summed E-state index contributed by atoms with van der Waals surface area (Å²) in [7, 11) is 3.36. The number of amides is 1. The minimum atomic E-state index is -0.419. The molecule has 168 valence electrons. The van der Waals surface area contributed by atoms with Crippen LogP contribution in [0.25, 0.3) is 11.0 Å². The Hall–Kier alpha value is -3.39. The molecule has 0 radical (unpaired) electrons. The standard InChI is InChI=1S/C24H29N5O3/c1-27-19-9-4-3-8-18(19)26-22(24(27)31)23(30)25-12-7-13-28-14-16-29(17-15-28)20-10-5-6-11-21(20)32-2/h3-6,8-11H,7,12-17H2,1-2H3,(H,25,30). The van der Waals surface area contributed by atoms with Gasteiger partial charge in [-0.05, 0) is 37.2 Å². The zero-order valence-corrected chi connectivity index (χ0v) is 18.6. The number of carbonyl (C=O) groups is 1. The lowest BCUT2D eigenvalue weighted by Crippen LogP contribution is -2.47. The second kappa shape index (κ2) is 9.82. The number of ether oxygens (including phenoxy) is 1. The molecule has 1 saturated heterocycles. The highest BCUT2D eigenvalue weighted by Crippen LogP contribution is 2.28. The van der Waals surface area contributed by atoms with Crippen LogP contribution in [0.5, 0.6) is 5.75 Å². The van der Waals surface area contributed by atoms with Gasteiger partial charge in [0.05, 0.1) is 23.8 Å².